The Bertz CT molecular complexity index is 267. The maximum atomic E-state index is 11.7. The SMILES string of the molecule is Cc1ccc(CNCC(F)(F)F)s1. The Hall–Kier alpha value is -0.550. The van der Waals surface area contributed by atoms with Crippen molar-refractivity contribution in [1.82, 2.24) is 5.32 Å². The van der Waals surface area contributed by atoms with Gasteiger partial charge < -0.3 is 5.32 Å². The van der Waals surface area contributed by atoms with Gasteiger partial charge in [-0.1, -0.05) is 0 Å². The van der Waals surface area contributed by atoms with E-state index < -0.39 is 12.7 Å². The number of alkyl halides is 3. The third-order valence-corrected chi connectivity index (χ3v) is 2.42. The molecule has 0 atom stereocenters. The predicted octanol–water partition coefficient (Wildman–Crippen LogP) is 2.71. The van der Waals surface area contributed by atoms with Crippen LogP contribution < -0.4 is 5.32 Å². The summed E-state index contributed by atoms with van der Waals surface area (Å²) in [4.78, 5) is 2.05. The highest BCUT2D eigenvalue weighted by atomic mass is 32.1. The van der Waals surface area contributed by atoms with Crippen LogP contribution in [-0.2, 0) is 6.54 Å². The van der Waals surface area contributed by atoms with Gasteiger partial charge in [0.1, 0.15) is 0 Å². The summed E-state index contributed by atoms with van der Waals surface area (Å²) in [6.07, 6.45) is -4.12. The lowest BCUT2D eigenvalue weighted by molar-refractivity contribution is -0.125. The topological polar surface area (TPSA) is 12.0 Å². The van der Waals surface area contributed by atoms with Crippen LogP contribution in [0.2, 0.25) is 0 Å². The molecule has 74 valence electrons. The van der Waals surface area contributed by atoms with Crippen molar-refractivity contribution in [2.45, 2.75) is 19.6 Å². The summed E-state index contributed by atoms with van der Waals surface area (Å²) in [5.74, 6) is 0. The van der Waals surface area contributed by atoms with E-state index in [4.69, 9.17) is 0 Å². The largest absolute Gasteiger partial charge is 0.401 e. The molecule has 0 amide bonds. The molecule has 0 fully saturated rings. The van der Waals surface area contributed by atoms with E-state index in [0.29, 0.717) is 0 Å². The molecule has 0 radical (unpaired) electrons. The zero-order chi connectivity index (χ0) is 9.90. The van der Waals surface area contributed by atoms with Gasteiger partial charge >= 0.3 is 6.18 Å². The average Bonchev–Trinajstić information content (AvgIpc) is 2.33. The molecule has 1 nitrogen and oxygen atoms in total. The smallest absolute Gasteiger partial charge is 0.304 e. The molecular formula is C8H10F3NS. The Morgan fingerprint density at radius 2 is 2.08 bits per heavy atom. The van der Waals surface area contributed by atoms with Gasteiger partial charge in [0.25, 0.3) is 0 Å². The molecule has 0 aliphatic carbocycles. The van der Waals surface area contributed by atoms with E-state index in [1.54, 1.807) is 0 Å². The molecule has 0 aliphatic rings. The van der Waals surface area contributed by atoms with Crippen LogP contribution in [0.15, 0.2) is 12.1 Å². The maximum absolute atomic E-state index is 11.7. The summed E-state index contributed by atoms with van der Waals surface area (Å²) in [5.41, 5.74) is 0. The van der Waals surface area contributed by atoms with E-state index in [2.05, 4.69) is 5.32 Å². The lowest BCUT2D eigenvalue weighted by atomic mass is 10.4. The zero-order valence-corrected chi connectivity index (χ0v) is 7.93. The van der Waals surface area contributed by atoms with Gasteiger partial charge in [0.05, 0.1) is 6.54 Å². The highest BCUT2D eigenvalue weighted by Crippen LogP contribution is 2.16. The van der Waals surface area contributed by atoms with Crippen molar-refractivity contribution in [2.24, 2.45) is 0 Å². The number of thiophene rings is 1. The van der Waals surface area contributed by atoms with Crippen LogP contribution in [0.3, 0.4) is 0 Å². The maximum Gasteiger partial charge on any atom is 0.401 e. The van der Waals surface area contributed by atoms with E-state index in [-0.39, 0.29) is 6.54 Å². The van der Waals surface area contributed by atoms with Crippen LogP contribution in [0.1, 0.15) is 9.75 Å². The quantitative estimate of drug-likeness (QED) is 0.807. The fourth-order valence-corrected chi connectivity index (χ4v) is 1.77. The van der Waals surface area contributed by atoms with E-state index in [9.17, 15) is 13.2 Å². The summed E-state index contributed by atoms with van der Waals surface area (Å²) in [6.45, 7) is 1.29. The van der Waals surface area contributed by atoms with Crippen molar-refractivity contribution in [3.8, 4) is 0 Å². The number of rotatable bonds is 3. The van der Waals surface area contributed by atoms with Crippen LogP contribution in [0.4, 0.5) is 13.2 Å². The Morgan fingerprint density at radius 1 is 1.38 bits per heavy atom. The van der Waals surface area contributed by atoms with Crippen molar-refractivity contribution in [1.29, 1.82) is 0 Å². The molecule has 1 heterocycles. The molecule has 0 spiro atoms. The first kappa shape index (κ1) is 10.5. The van der Waals surface area contributed by atoms with Gasteiger partial charge in [-0.15, -0.1) is 11.3 Å². The summed E-state index contributed by atoms with van der Waals surface area (Å²) < 4.78 is 35.1. The summed E-state index contributed by atoms with van der Waals surface area (Å²) >= 11 is 1.51. The van der Waals surface area contributed by atoms with Crippen molar-refractivity contribution in [2.75, 3.05) is 6.54 Å². The molecule has 0 saturated heterocycles. The Kier molecular flexibility index (Phi) is 3.33. The number of nitrogens with one attached hydrogen (secondary N) is 1. The Labute approximate surface area is 78.6 Å². The predicted molar refractivity (Wildman–Crippen MR) is 46.8 cm³/mol. The number of hydrogen-bond donors (Lipinski definition) is 1. The van der Waals surface area contributed by atoms with Gasteiger partial charge in [-0.05, 0) is 19.1 Å². The number of aryl methyl sites for hydroxylation is 1. The van der Waals surface area contributed by atoms with Crippen LogP contribution in [-0.4, -0.2) is 12.7 Å². The molecule has 1 N–H and O–H groups in total. The molecular weight excluding hydrogens is 199 g/mol. The minimum atomic E-state index is -4.12. The first-order valence-electron chi connectivity index (χ1n) is 3.80. The molecule has 1 aromatic rings. The van der Waals surface area contributed by atoms with E-state index in [1.807, 2.05) is 19.1 Å². The zero-order valence-electron chi connectivity index (χ0n) is 7.11. The standard InChI is InChI=1S/C8H10F3NS/c1-6-2-3-7(13-6)4-12-5-8(9,10)11/h2-3,12H,4-5H2,1H3. The van der Waals surface area contributed by atoms with Gasteiger partial charge in [0.15, 0.2) is 0 Å². The van der Waals surface area contributed by atoms with Gasteiger partial charge in [-0.2, -0.15) is 13.2 Å². The monoisotopic (exact) mass is 209 g/mol. The molecule has 0 aliphatic heterocycles. The first-order chi connectivity index (χ1) is 5.97. The van der Waals surface area contributed by atoms with Crippen LogP contribution in [0.25, 0.3) is 0 Å². The second-order valence-electron chi connectivity index (χ2n) is 2.73. The summed E-state index contributed by atoms with van der Waals surface area (Å²) in [6, 6.07) is 3.73. The van der Waals surface area contributed by atoms with Crippen LogP contribution >= 0.6 is 11.3 Å². The second-order valence-corrected chi connectivity index (χ2v) is 4.10. The number of hydrogen-bond acceptors (Lipinski definition) is 2. The summed E-state index contributed by atoms with van der Waals surface area (Å²) in [7, 11) is 0. The second kappa shape index (κ2) is 4.11. The lowest BCUT2D eigenvalue weighted by Crippen LogP contribution is -2.27. The average molecular weight is 209 g/mol. The van der Waals surface area contributed by atoms with Gasteiger partial charge in [-0.3, -0.25) is 0 Å². The Morgan fingerprint density at radius 3 is 2.54 bits per heavy atom. The van der Waals surface area contributed by atoms with Crippen molar-refractivity contribution in [3.05, 3.63) is 21.9 Å². The van der Waals surface area contributed by atoms with E-state index in [1.165, 1.54) is 11.3 Å². The van der Waals surface area contributed by atoms with Crippen molar-refractivity contribution >= 4 is 11.3 Å². The molecule has 13 heavy (non-hydrogen) atoms. The highest BCUT2D eigenvalue weighted by Gasteiger charge is 2.26. The normalized spacial score (nSPS) is 12.0. The van der Waals surface area contributed by atoms with Crippen LogP contribution in [0.5, 0.6) is 0 Å². The van der Waals surface area contributed by atoms with Gasteiger partial charge in [-0.25, -0.2) is 0 Å². The summed E-state index contributed by atoms with van der Waals surface area (Å²) in [5, 5.41) is 2.34. The first-order valence-corrected chi connectivity index (χ1v) is 4.62. The molecule has 5 heteroatoms. The van der Waals surface area contributed by atoms with Gasteiger partial charge in [0.2, 0.25) is 0 Å². The highest BCUT2D eigenvalue weighted by molar-refractivity contribution is 7.11. The van der Waals surface area contributed by atoms with Crippen molar-refractivity contribution < 1.29 is 13.2 Å². The van der Waals surface area contributed by atoms with E-state index in [0.717, 1.165) is 9.75 Å². The van der Waals surface area contributed by atoms with Crippen LogP contribution in [0, 0.1) is 6.92 Å². The molecule has 0 unspecified atom stereocenters. The minimum Gasteiger partial charge on any atom is -0.304 e. The molecule has 0 aromatic carbocycles. The van der Waals surface area contributed by atoms with E-state index >= 15 is 0 Å². The molecule has 1 aromatic heterocycles. The molecule has 0 saturated carbocycles. The fraction of sp³-hybridized carbons (Fsp3) is 0.500. The van der Waals surface area contributed by atoms with Crippen molar-refractivity contribution in [3.63, 3.8) is 0 Å². The molecule has 0 bridgehead atoms. The lowest BCUT2D eigenvalue weighted by Gasteiger charge is -2.06. The Balaban J connectivity index is 2.28. The molecule has 1 rings (SSSR count). The third kappa shape index (κ3) is 4.28. The minimum absolute atomic E-state index is 0.290. The third-order valence-electron chi connectivity index (χ3n) is 1.42. The number of halogens is 3. The fourth-order valence-electron chi connectivity index (χ4n) is 0.908. The van der Waals surface area contributed by atoms with Gasteiger partial charge in [0, 0.05) is 16.3 Å².